The van der Waals surface area contributed by atoms with Crippen molar-refractivity contribution in [1.82, 2.24) is 4.98 Å². The highest BCUT2D eigenvalue weighted by atomic mass is 32.1. The third-order valence-corrected chi connectivity index (χ3v) is 5.18. The van der Waals surface area contributed by atoms with Crippen LogP contribution in [0, 0.1) is 0 Å². The van der Waals surface area contributed by atoms with Crippen molar-refractivity contribution in [3.63, 3.8) is 0 Å². The van der Waals surface area contributed by atoms with Gasteiger partial charge in [0.25, 0.3) is 0 Å². The monoisotopic (exact) mass is 301 g/mol. The van der Waals surface area contributed by atoms with Crippen LogP contribution in [0.1, 0.15) is 35.1 Å². The predicted octanol–water partition coefficient (Wildman–Crippen LogP) is 1.92. The van der Waals surface area contributed by atoms with E-state index >= 15 is 0 Å². The minimum Gasteiger partial charge on any atom is -0.406 e. The summed E-state index contributed by atoms with van der Waals surface area (Å²) in [6, 6.07) is 0. The number of carbonyl (C=O) groups is 2. The van der Waals surface area contributed by atoms with Crippen LogP contribution < -0.4 is 5.63 Å². The molecule has 21 heavy (non-hydrogen) atoms. The van der Waals surface area contributed by atoms with Gasteiger partial charge in [-0.1, -0.05) is 0 Å². The first-order valence-corrected chi connectivity index (χ1v) is 7.68. The molecule has 0 aromatic carbocycles. The summed E-state index contributed by atoms with van der Waals surface area (Å²) in [5, 5.41) is 0.532. The fourth-order valence-corrected chi connectivity index (χ4v) is 4.22. The maximum Gasteiger partial charge on any atom is 0.348 e. The van der Waals surface area contributed by atoms with Crippen molar-refractivity contribution in [2.75, 3.05) is 0 Å². The highest BCUT2D eigenvalue weighted by Gasteiger charge is 2.34. The average Bonchev–Trinajstić information content (AvgIpc) is 2.99. The summed E-state index contributed by atoms with van der Waals surface area (Å²) in [6.07, 6.45) is 6.40. The fraction of sp³-hybridized carbons (Fsp3) is 0.333. The topological polar surface area (TPSA) is 77.2 Å². The second-order valence-corrected chi connectivity index (χ2v) is 6.39. The fourth-order valence-electron chi connectivity index (χ4n) is 2.97. The number of thiophene rings is 1. The van der Waals surface area contributed by atoms with E-state index in [9.17, 15) is 14.4 Å². The number of ketones is 2. The zero-order valence-electron chi connectivity index (χ0n) is 11.0. The van der Waals surface area contributed by atoms with Crippen molar-refractivity contribution >= 4 is 33.1 Å². The summed E-state index contributed by atoms with van der Waals surface area (Å²) in [7, 11) is 0. The molecule has 0 fully saturated rings. The van der Waals surface area contributed by atoms with E-state index in [0.717, 1.165) is 31.2 Å². The standard InChI is InChI=1S/C15H11NO4S/c17-8-5-6-9(18)12(8)13-16-14-11(15(19)20-13)7-3-1-2-4-10(7)21-14/h5-6,12H,1-4H2. The Kier molecular flexibility index (Phi) is 2.68. The summed E-state index contributed by atoms with van der Waals surface area (Å²) >= 11 is 1.48. The van der Waals surface area contributed by atoms with E-state index in [-0.39, 0.29) is 17.5 Å². The van der Waals surface area contributed by atoms with Crippen molar-refractivity contribution < 1.29 is 14.0 Å². The van der Waals surface area contributed by atoms with E-state index < -0.39 is 11.5 Å². The summed E-state index contributed by atoms with van der Waals surface area (Å²) < 4.78 is 5.20. The van der Waals surface area contributed by atoms with Crippen LogP contribution in [0.2, 0.25) is 0 Å². The predicted molar refractivity (Wildman–Crippen MR) is 76.7 cm³/mol. The Morgan fingerprint density at radius 2 is 1.81 bits per heavy atom. The Hall–Kier alpha value is -2.08. The van der Waals surface area contributed by atoms with Gasteiger partial charge in [0, 0.05) is 4.88 Å². The third kappa shape index (κ3) is 1.82. The third-order valence-electron chi connectivity index (χ3n) is 3.99. The van der Waals surface area contributed by atoms with E-state index in [1.54, 1.807) is 0 Å². The van der Waals surface area contributed by atoms with Crippen LogP contribution in [-0.2, 0) is 22.4 Å². The van der Waals surface area contributed by atoms with E-state index in [0.29, 0.717) is 10.2 Å². The molecule has 106 valence electrons. The van der Waals surface area contributed by atoms with Gasteiger partial charge < -0.3 is 4.42 Å². The van der Waals surface area contributed by atoms with Crippen LogP contribution in [0.15, 0.2) is 21.4 Å². The van der Waals surface area contributed by atoms with Gasteiger partial charge in [-0.3, -0.25) is 9.59 Å². The highest BCUT2D eigenvalue weighted by Crippen LogP contribution is 2.34. The maximum absolute atomic E-state index is 12.3. The molecule has 4 rings (SSSR count). The molecular formula is C15H11NO4S. The van der Waals surface area contributed by atoms with Gasteiger partial charge in [0.15, 0.2) is 17.5 Å². The molecule has 2 heterocycles. The van der Waals surface area contributed by atoms with Gasteiger partial charge >= 0.3 is 5.63 Å². The second kappa shape index (κ2) is 4.46. The molecule has 0 spiro atoms. The lowest BCUT2D eigenvalue weighted by Gasteiger charge is -2.09. The van der Waals surface area contributed by atoms with Crippen LogP contribution in [0.25, 0.3) is 10.2 Å². The first-order chi connectivity index (χ1) is 10.1. The lowest BCUT2D eigenvalue weighted by Crippen LogP contribution is -2.17. The molecule has 0 bridgehead atoms. The first kappa shape index (κ1) is 12.6. The van der Waals surface area contributed by atoms with Crippen LogP contribution in [0.5, 0.6) is 0 Å². The molecule has 0 saturated carbocycles. The van der Waals surface area contributed by atoms with Gasteiger partial charge in [0.05, 0.1) is 0 Å². The van der Waals surface area contributed by atoms with Crippen molar-refractivity contribution in [3.8, 4) is 0 Å². The number of fused-ring (bicyclic) bond motifs is 3. The molecule has 2 aromatic rings. The van der Waals surface area contributed by atoms with Crippen LogP contribution in [-0.4, -0.2) is 16.6 Å². The molecule has 5 nitrogen and oxygen atoms in total. The van der Waals surface area contributed by atoms with Gasteiger partial charge in [-0.05, 0) is 43.4 Å². The Labute approximate surface area is 123 Å². The maximum atomic E-state index is 12.3. The zero-order valence-corrected chi connectivity index (χ0v) is 11.9. The van der Waals surface area contributed by atoms with Crippen LogP contribution >= 0.6 is 11.3 Å². The highest BCUT2D eigenvalue weighted by molar-refractivity contribution is 7.18. The Morgan fingerprint density at radius 1 is 1.10 bits per heavy atom. The number of hydrogen-bond acceptors (Lipinski definition) is 6. The van der Waals surface area contributed by atoms with Gasteiger partial charge in [-0.25, -0.2) is 9.78 Å². The van der Waals surface area contributed by atoms with Crippen molar-refractivity contribution in [1.29, 1.82) is 0 Å². The van der Waals surface area contributed by atoms with E-state index in [1.807, 2.05) is 0 Å². The van der Waals surface area contributed by atoms with Crippen molar-refractivity contribution in [2.24, 2.45) is 0 Å². The number of aryl methyl sites for hydroxylation is 2. The molecule has 0 saturated heterocycles. The zero-order chi connectivity index (χ0) is 14.6. The molecule has 0 amide bonds. The molecule has 2 aliphatic rings. The average molecular weight is 301 g/mol. The molecule has 2 aliphatic carbocycles. The Balaban J connectivity index is 1.92. The molecule has 0 unspecified atom stereocenters. The molecule has 2 aromatic heterocycles. The number of hydrogen-bond donors (Lipinski definition) is 0. The van der Waals surface area contributed by atoms with Crippen molar-refractivity contribution in [2.45, 2.75) is 31.6 Å². The minimum atomic E-state index is -1.08. The van der Waals surface area contributed by atoms with Crippen LogP contribution in [0.4, 0.5) is 0 Å². The molecule has 0 radical (unpaired) electrons. The Morgan fingerprint density at radius 3 is 2.57 bits per heavy atom. The van der Waals surface area contributed by atoms with Gasteiger partial charge in [0.2, 0.25) is 5.89 Å². The number of nitrogens with zero attached hydrogens (tertiary/aromatic N) is 1. The Bertz CT molecular complexity index is 856. The summed E-state index contributed by atoms with van der Waals surface area (Å²) in [4.78, 5) is 41.8. The number of rotatable bonds is 1. The van der Waals surface area contributed by atoms with E-state index in [1.165, 1.54) is 28.4 Å². The smallest absolute Gasteiger partial charge is 0.348 e. The number of allylic oxidation sites excluding steroid dienone is 2. The molecule has 0 N–H and O–H groups in total. The van der Waals surface area contributed by atoms with Crippen molar-refractivity contribution in [3.05, 3.63) is 38.9 Å². The van der Waals surface area contributed by atoms with Gasteiger partial charge in [-0.2, -0.15) is 0 Å². The SMILES string of the molecule is O=C1C=CC(=O)C1c1nc2sc3c(c2c(=O)o1)CCCC3. The molecule has 0 aliphatic heterocycles. The quantitative estimate of drug-likeness (QED) is 0.752. The summed E-state index contributed by atoms with van der Waals surface area (Å²) in [6.45, 7) is 0. The second-order valence-electron chi connectivity index (χ2n) is 5.30. The first-order valence-electron chi connectivity index (χ1n) is 6.86. The normalized spacial score (nSPS) is 18.7. The largest absolute Gasteiger partial charge is 0.406 e. The van der Waals surface area contributed by atoms with Gasteiger partial charge in [-0.15, -0.1) is 11.3 Å². The minimum absolute atomic E-state index is 0.0777. The van der Waals surface area contributed by atoms with Crippen LogP contribution in [0.3, 0.4) is 0 Å². The summed E-state index contributed by atoms with van der Waals surface area (Å²) in [5.74, 6) is -1.92. The lowest BCUT2D eigenvalue weighted by molar-refractivity contribution is -0.123. The van der Waals surface area contributed by atoms with E-state index in [2.05, 4.69) is 4.98 Å². The summed E-state index contributed by atoms with van der Waals surface area (Å²) in [5.41, 5.74) is 0.554. The number of carbonyl (C=O) groups excluding carboxylic acids is 2. The van der Waals surface area contributed by atoms with Gasteiger partial charge in [0.1, 0.15) is 10.2 Å². The molecule has 0 atom stereocenters. The lowest BCUT2D eigenvalue weighted by atomic mass is 9.97. The molecular weight excluding hydrogens is 290 g/mol. The van der Waals surface area contributed by atoms with E-state index in [4.69, 9.17) is 4.42 Å². The molecule has 6 heteroatoms. The number of aromatic nitrogens is 1.